The van der Waals surface area contributed by atoms with Gasteiger partial charge in [-0.25, -0.2) is 4.90 Å². The van der Waals surface area contributed by atoms with Crippen molar-refractivity contribution in [3.8, 4) is 17.2 Å². The quantitative estimate of drug-likeness (QED) is 0.612. The van der Waals surface area contributed by atoms with E-state index in [1.165, 1.54) is 11.0 Å². The Morgan fingerprint density at radius 1 is 1.11 bits per heavy atom. The highest BCUT2D eigenvalue weighted by Crippen LogP contribution is 2.35. The van der Waals surface area contributed by atoms with Crippen LogP contribution >= 0.6 is 27.7 Å². The van der Waals surface area contributed by atoms with Crippen molar-refractivity contribution in [2.45, 2.75) is 16.9 Å². The number of rotatable bonds is 4. The largest absolute Gasteiger partial charge is 0.507 e. The summed E-state index contributed by atoms with van der Waals surface area (Å²) in [7, 11) is 0. The van der Waals surface area contributed by atoms with Crippen molar-refractivity contribution in [1.82, 2.24) is 10.2 Å². The number of benzene rings is 2. The highest BCUT2D eigenvalue weighted by atomic mass is 79.9. The molecule has 1 aliphatic rings. The van der Waals surface area contributed by atoms with Gasteiger partial charge in [0.15, 0.2) is 0 Å². The number of hydrogen-bond donors (Lipinski definition) is 1. The van der Waals surface area contributed by atoms with E-state index in [1.807, 2.05) is 0 Å². The molecule has 0 radical (unpaired) electrons. The number of phenolic OH excluding ortho intramolecular Hbond substituents is 1. The number of amides is 2. The van der Waals surface area contributed by atoms with E-state index in [1.54, 1.807) is 42.5 Å². The second-order valence-corrected chi connectivity index (χ2v) is 7.81. The second-order valence-electron chi connectivity index (χ2n) is 5.74. The molecule has 1 aromatic heterocycles. The van der Waals surface area contributed by atoms with Crippen LogP contribution in [-0.4, -0.2) is 32.4 Å². The number of halogens is 1. The molecule has 0 aliphatic carbocycles. The first-order valence-corrected chi connectivity index (χ1v) is 9.61. The fourth-order valence-corrected chi connectivity index (χ4v) is 3.85. The van der Waals surface area contributed by atoms with Crippen LogP contribution in [0.25, 0.3) is 11.5 Å². The normalized spacial score (nSPS) is 16.9. The standard InChI is InChI=1S/C18H12BrN3O4S/c19-10-5-7-11(8-6-10)22-15(24)9-14(17(22)25)27-18-21-20-16(26-18)12-3-1-2-4-13(12)23/h1-8,14,23H,9H2/t14-/m0/s1. The van der Waals surface area contributed by atoms with Gasteiger partial charge in [0.05, 0.1) is 11.3 Å². The number of phenols is 1. The zero-order chi connectivity index (χ0) is 19.0. The van der Waals surface area contributed by atoms with E-state index < -0.39 is 5.25 Å². The Morgan fingerprint density at radius 2 is 1.85 bits per heavy atom. The van der Waals surface area contributed by atoms with Crippen LogP contribution in [0, 0.1) is 0 Å². The van der Waals surface area contributed by atoms with Crippen LogP contribution in [0.4, 0.5) is 5.69 Å². The van der Waals surface area contributed by atoms with Crippen LogP contribution in [0.15, 0.2) is 62.6 Å². The molecule has 7 nitrogen and oxygen atoms in total. The zero-order valence-electron chi connectivity index (χ0n) is 13.7. The Hall–Kier alpha value is -2.65. The molecule has 0 bridgehead atoms. The number of imide groups is 1. The summed E-state index contributed by atoms with van der Waals surface area (Å²) >= 11 is 4.37. The summed E-state index contributed by atoms with van der Waals surface area (Å²) in [6.07, 6.45) is 0.0495. The Balaban J connectivity index is 1.52. The SMILES string of the molecule is O=C1C[C@H](Sc2nnc(-c3ccccc3O)o2)C(=O)N1c1ccc(Br)cc1. The van der Waals surface area contributed by atoms with Gasteiger partial charge in [-0.1, -0.05) is 39.8 Å². The van der Waals surface area contributed by atoms with Gasteiger partial charge in [-0.05, 0) is 36.4 Å². The van der Waals surface area contributed by atoms with Gasteiger partial charge < -0.3 is 9.52 Å². The number of hydrogen-bond acceptors (Lipinski definition) is 7. The van der Waals surface area contributed by atoms with Crippen LogP contribution < -0.4 is 4.90 Å². The minimum absolute atomic E-state index is 0.0197. The molecule has 1 saturated heterocycles. The van der Waals surface area contributed by atoms with Crippen molar-refractivity contribution >= 4 is 45.2 Å². The van der Waals surface area contributed by atoms with Crippen molar-refractivity contribution in [1.29, 1.82) is 0 Å². The number of aromatic nitrogens is 2. The Kier molecular flexibility index (Phi) is 4.71. The van der Waals surface area contributed by atoms with Gasteiger partial charge in [-0.3, -0.25) is 9.59 Å². The van der Waals surface area contributed by atoms with Gasteiger partial charge in [0.25, 0.3) is 11.1 Å². The predicted molar refractivity (Wildman–Crippen MR) is 102 cm³/mol. The molecule has 4 rings (SSSR count). The fourth-order valence-electron chi connectivity index (χ4n) is 2.70. The molecule has 0 unspecified atom stereocenters. The molecule has 2 amide bonds. The number of nitrogens with zero attached hydrogens (tertiary/aromatic N) is 3. The lowest BCUT2D eigenvalue weighted by Gasteiger charge is -2.14. The van der Waals surface area contributed by atoms with Crippen LogP contribution in [0.3, 0.4) is 0 Å². The van der Waals surface area contributed by atoms with Crippen molar-refractivity contribution < 1.29 is 19.1 Å². The molecule has 2 aromatic carbocycles. The lowest BCUT2D eigenvalue weighted by atomic mass is 10.2. The van der Waals surface area contributed by atoms with Gasteiger partial charge in [-0.15, -0.1) is 10.2 Å². The minimum atomic E-state index is -0.640. The summed E-state index contributed by atoms with van der Waals surface area (Å²) in [4.78, 5) is 26.2. The molecule has 27 heavy (non-hydrogen) atoms. The summed E-state index contributed by atoms with van der Waals surface area (Å²) in [5, 5.41) is 17.2. The van der Waals surface area contributed by atoms with Crippen molar-refractivity contribution in [2.24, 2.45) is 0 Å². The predicted octanol–water partition coefficient (Wildman–Crippen LogP) is 3.63. The van der Waals surface area contributed by atoms with Crippen molar-refractivity contribution in [2.75, 3.05) is 4.90 Å². The third-order valence-electron chi connectivity index (χ3n) is 3.97. The second kappa shape index (κ2) is 7.16. The number of carbonyl (C=O) groups excluding carboxylic acids is 2. The minimum Gasteiger partial charge on any atom is -0.507 e. The van der Waals surface area contributed by atoms with E-state index in [9.17, 15) is 14.7 Å². The topological polar surface area (TPSA) is 96.5 Å². The fraction of sp³-hybridized carbons (Fsp3) is 0.111. The third kappa shape index (κ3) is 3.47. The first kappa shape index (κ1) is 17.7. The molecule has 9 heteroatoms. The summed E-state index contributed by atoms with van der Waals surface area (Å²) in [5.41, 5.74) is 0.930. The maximum absolute atomic E-state index is 12.7. The molecular weight excluding hydrogens is 434 g/mol. The molecule has 136 valence electrons. The molecule has 0 saturated carbocycles. The van der Waals surface area contributed by atoms with Crippen LogP contribution in [0.2, 0.25) is 0 Å². The van der Waals surface area contributed by atoms with Crippen molar-refractivity contribution in [3.05, 3.63) is 53.0 Å². The Morgan fingerprint density at radius 3 is 2.59 bits per heavy atom. The monoisotopic (exact) mass is 445 g/mol. The molecule has 1 N–H and O–H groups in total. The molecule has 2 heterocycles. The maximum Gasteiger partial charge on any atom is 0.277 e. The number of carbonyl (C=O) groups is 2. The summed E-state index contributed by atoms with van der Waals surface area (Å²) in [6.45, 7) is 0. The van der Waals surface area contributed by atoms with E-state index in [0.717, 1.165) is 16.2 Å². The molecule has 0 spiro atoms. The van der Waals surface area contributed by atoms with E-state index in [4.69, 9.17) is 4.42 Å². The highest BCUT2D eigenvalue weighted by molar-refractivity contribution is 9.10. The summed E-state index contributed by atoms with van der Waals surface area (Å²) in [6, 6.07) is 13.5. The van der Waals surface area contributed by atoms with Gasteiger partial charge >= 0.3 is 0 Å². The van der Waals surface area contributed by atoms with Crippen molar-refractivity contribution in [3.63, 3.8) is 0 Å². The third-order valence-corrected chi connectivity index (χ3v) is 5.52. The van der Waals surface area contributed by atoms with E-state index in [2.05, 4.69) is 26.1 Å². The lowest BCUT2D eigenvalue weighted by Crippen LogP contribution is -2.31. The zero-order valence-corrected chi connectivity index (χ0v) is 16.1. The first-order chi connectivity index (χ1) is 13.0. The maximum atomic E-state index is 12.7. The number of aromatic hydroxyl groups is 1. The highest BCUT2D eigenvalue weighted by Gasteiger charge is 2.41. The van der Waals surface area contributed by atoms with E-state index in [0.29, 0.717) is 11.3 Å². The number of anilines is 1. The van der Waals surface area contributed by atoms with E-state index >= 15 is 0 Å². The van der Waals surface area contributed by atoms with Gasteiger partial charge in [-0.2, -0.15) is 0 Å². The molecule has 1 fully saturated rings. The van der Waals surface area contributed by atoms with Gasteiger partial charge in [0.2, 0.25) is 11.8 Å². The van der Waals surface area contributed by atoms with E-state index in [-0.39, 0.29) is 35.1 Å². The summed E-state index contributed by atoms with van der Waals surface area (Å²) in [5.74, 6) is -0.432. The molecular formula is C18H12BrN3O4S. The van der Waals surface area contributed by atoms with Crippen LogP contribution in [0.1, 0.15) is 6.42 Å². The number of thioether (sulfide) groups is 1. The average Bonchev–Trinajstić information content (AvgIpc) is 3.22. The molecule has 3 aromatic rings. The van der Waals surface area contributed by atoms with Crippen LogP contribution in [0.5, 0.6) is 5.75 Å². The lowest BCUT2D eigenvalue weighted by molar-refractivity contribution is -0.121. The van der Waals surface area contributed by atoms with Gasteiger partial charge in [0, 0.05) is 10.9 Å². The Bertz CT molecular complexity index is 1020. The molecule has 1 aliphatic heterocycles. The smallest absolute Gasteiger partial charge is 0.277 e. The molecule has 1 atom stereocenters. The first-order valence-electron chi connectivity index (χ1n) is 7.94. The van der Waals surface area contributed by atoms with Gasteiger partial charge in [0.1, 0.15) is 11.0 Å². The average molecular weight is 446 g/mol. The van der Waals surface area contributed by atoms with Crippen LogP contribution in [-0.2, 0) is 9.59 Å². The summed E-state index contributed by atoms with van der Waals surface area (Å²) < 4.78 is 6.41. The number of para-hydroxylation sites is 1. The Labute approximate surface area is 166 Å².